The van der Waals surface area contributed by atoms with Crippen molar-refractivity contribution in [3.05, 3.63) is 59.9 Å². The summed E-state index contributed by atoms with van der Waals surface area (Å²) >= 11 is 0. The molecule has 0 radical (unpaired) electrons. The molecule has 6 nitrogen and oxygen atoms in total. The molecule has 2 aromatic carbocycles. The molecule has 2 aliphatic rings. The van der Waals surface area contributed by atoms with Crippen LogP contribution in [0, 0.1) is 5.82 Å². The highest BCUT2D eigenvalue weighted by atomic mass is 32.2. The van der Waals surface area contributed by atoms with Crippen LogP contribution in [-0.2, 0) is 25.9 Å². The number of sulfonamides is 1. The highest BCUT2D eigenvalue weighted by Gasteiger charge is 2.42. The van der Waals surface area contributed by atoms with Crippen LogP contribution in [0.2, 0.25) is 0 Å². The minimum absolute atomic E-state index is 0.0420. The van der Waals surface area contributed by atoms with Crippen LogP contribution in [0.5, 0.6) is 0 Å². The van der Waals surface area contributed by atoms with Crippen LogP contribution in [0.25, 0.3) is 11.1 Å². The lowest BCUT2D eigenvalue weighted by molar-refractivity contribution is -0.200. The van der Waals surface area contributed by atoms with Crippen molar-refractivity contribution in [1.29, 1.82) is 0 Å². The van der Waals surface area contributed by atoms with E-state index in [0.29, 0.717) is 24.8 Å². The zero-order chi connectivity index (χ0) is 22.7. The van der Waals surface area contributed by atoms with E-state index in [1.165, 1.54) is 6.07 Å². The first kappa shape index (κ1) is 23.3. The van der Waals surface area contributed by atoms with Crippen molar-refractivity contribution >= 4 is 10.0 Å². The van der Waals surface area contributed by atoms with Gasteiger partial charge in [0.1, 0.15) is 5.82 Å². The molecule has 2 saturated heterocycles. The smallest absolute Gasteiger partial charge is 0.209 e. The second kappa shape index (κ2) is 9.97. The Kier molecular flexibility index (Phi) is 7.27. The minimum atomic E-state index is -3.41. The Morgan fingerprint density at radius 1 is 1.06 bits per heavy atom. The van der Waals surface area contributed by atoms with Crippen LogP contribution < -0.4 is 4.72 Å². The van der Waals surface area contributed by atoms with Crippen LogP contribution >= 0.6 is 0 Å². The molecule has 2 fully saturated rings. The van der Waals surface area contributed by atoms with Crippen molar-refractivity contribution in [3.8, 4) is 11.1 Å². The Bertz CT molecular complexity index is 1010. The van der Waals surface area contributed by atoms with Gasteiger partial charge in [0.2, 0.25) is 10.0 Å². The van der Waals surface area contributed by atoms with Crippen molar-refractivity contribution < 1.29 is 27.4 Å². The molecule has 5 atom stereocenters. The molecule has 0 unspecified atom stereocenters. The molecule has 0 spiro atoms. The number of hydrogen-bond acceptors (Lipinski definition) is 5. The van der Waals surface area contributed by atoms with Gasteiger partial charge in [-0.15, -0.1) is 0 Å². The normalized spacial score (nSPS) is 28.3. The van der Waals surface area contributed by atoms with E-state index < -0.39 is 10.0 Å². The molecule has 4 rings (SSSR count). The third-order valence-corrected chi connectivity index (χ3v) is 7.00. The Morgan fingerprint density at radius 3 is 2.50 bits per heavy atom. The SMILES string of the molecule is CS(=O)(=O)N[C@@H]1C[C@@H]2O[C@H](CO)CC[C@@H]2O[C@@H]1CCc1ccc(-c2ccccc2F)cc1. The van der Waals surface area contributed by atoms with E-state index in [-0.39, 0.29) is 42.9 Å². The standard InChI is InChI=1S/C24H30FNO5S/c1-32(28,29)26-21-14-24-23(13-11-18(15-27)30-24)31-22(21)12-8-16-6-9-17(10-7-16)19-4-2-3-5-20(19)25/h2-7,9-10,18,21-24,26-27H,8,11-15H2,1H3/t18-,21+,22+,23-,24-/m0/s1. The number of aryl methyl sites for hydroxylation is 1. The summed E-state index contributed by atoms with van der Waals surface area (Å²) in [5, 5.41) is 9.41. The molecule has 2 aliphatic heterocycles. The largest absolute Gasteiger partial charge is 0.394 e. The monoisotopic (exact) mass is 463 g/mol. The average molecular weight is 464 g/mol. The van der Waals surface area contributed by atoms with E-state index in [9.17, 15) is 17.9 Å². The van der Waals surface area contributed by atoms with E-state index in [2.05, 4.69) is 4.72 Å². The summed E-state index contributed by atoms with van der Waals surface area (Å²) in [7, 11) is -3.41. The lowest BCUT2D eigenvalue weighted by Gasteiger charge is -2.45. The van der Waals surface area contributed by atoms with Crippen molar-refractivity contribution in [2.45, 2.75) is 62.6 Å². The zero-order valence-corrected chi connectivity index (χ0v) is 18.9. The maximum Gasteiger partial charge on any atom is 0.209 e. The topological polar surface area (TPSA) is 84.9 Å². The molecular formula is C24H30FNO5S. The number of rotatable bonds is 7. The summed E-state index contributed by atoms with van der Waals surface area (Å²) in [6.07, 6.45) is 3.73. The number of aliphatic hydroxyl groups is 1. The van der Waals surface area contributed by atoms with E-state index in [1.807, 2.05) is 30.3 Å². The molecule has 2 aromatic rings. The first-order valence-electron chi connectivity index (χ1n) is 11.1. The molecule has 0 bridgehead atoms. The molecule has 174 valence electrons. The fourth-order valence-electron chi connectivity index (χ4n) is 4.68. The van der Waals surface area contributed by atoms with Gasteiger partial charge in [-0.1, -0.05) is 42.5 Å². The van der Waals surface area contributed by atoms with Crippen molar-refractivity contribution in [2.75, 3.05) is 12.9 Å². The molecule has 0 aliphatic carbocycles. The highest BCUT2D eigenvalue weighted by Crippen LogP contribution is 2.33. The number of nitrogens with one attached hydrogen (secondary N) is 1. The van der Waals surface area contributed by atoms with E-state index in [0.717, 1.165) is 30.2 Å². The molecular weight excluding hydrogens is 433 g/mol. The Labute approximate surface area is 188 Å². The van der Waals surface area contributed by atoms with Gasteiger partial charge < -0.3 is 14.6 Å². The predicted molar refractivity (Wildman–Crippen MR) is 120 cm³/mol. The van der Waals surface area contributed by atoms with Crippen molar-refractivity contribution in [1.82, 2.24) is 4.72 Å². The lowest BCUT2D eigenvalue weighted by Crippen LogP contribution is -2.57. The summed E-state index contributed by atoms with van der Waals surface area (Å²) in [4.78, 5) is 0. The highest BCUT2D eigenvalue weighted by molar-refractivity contribution is 7.88. The average Bonchev–Trinajstić information content (AvgIpc) is 2.77. The number of ether oxygens (including phenoxy) is 2. The van der Waals surface area contributed by atoms with Gasteiger partial charge in [-0.2, -0.15) is 0 Å². The van der Waals surface area contributed by atoms with Gasteiger partial charge >= 0.3 is 0 Å². The quantitative estimate of drug-likeness (QED) is 0.659. The summed E-state index contributed by atoms with van der Waals surface area (Å²) in [5.74, 6) is -0.252. The number of aliphatic hydroxyl groups excluding tert-OH is 1. The Morgan fingerprint density at radius 2 is 1.81 bits per heavy atom. The fraction of sp³-hybridized carbons (Fsp3) is 0.500. The Balaban J connectivity index is 1.43. The summed E-state index contributed by atoms with van der Waals surface area (Å²) in [5.41, 5.74) is 2.46. The van der Waals surface area contributed by atoms with Crippen molar-refractivity contribution in [2.24, 2.45) is 0 Å². The third kappa shape index (κ3) is 5.74. The molecule has 0 aromatic heterocycles. The Hall–Kier alpha value is -1.84. The second-order valence-electron chi connectivity index (χ2n) is 8.72. The molecule has 0 saturated carbocycles. The van der Waals surface area contributed by atoms with Crippen LogP contribution in [0.4, 0.5) is 4.39 Å². The predicted octanol–water partition coefficient (Wildman–Crippen LogP) is 3.04. The van der Waals surface area contributed by atoms with Gasteiger partial charge in [0.05, 0.1) is 43.3 Å². The molecule has 2 heterocycles. The van der Waals surface area contributed by atoms with Gasteiger partial charge in [0.25, 0.3) is 0 Å². The molecule has 0 amide bonds. The van der Waals surface area contributed by atoms with Crippen LogP contribution in [0.1, 0.15) is 31.2 Å². The first-order chi connectivity index (χ1) is 15.3. The summed E-state index contributed by atoms with van der Waals surface area (Å²) in [6, 6.07) is 14.1. The molecule has 2 N–H and O–H groups in total. The van der Waals surface area contributed by atoms with Gasteiger partial charge in [0.15, 0.2) is 0 Å². The number of benzene rings is 2. The number of fused-ring (bicyclic) bond motifs is 1. The van der Waals surface area contributed by atoms with Crippen LogP contribution in [0.3, 0.4) is 0 Å². The zero-order valence-electron chi connectivity index (χ0n) is 18.1. The van der Waals surface area contributed by atoms with Gasteiger partial charge in [-0.05, 0) is 49.3 Å². The second-order valence-corrected chi connectivity index (χ2v) is 10.5. The maximum atomic E-state index is 14.0. The summed E-state index contributed by atoms with van der Waals surface area (Å²) in [6.45, 7) is -0.0420. The van der Waals surface area contributed by atoms with Crippen LogP contribution in [0.15, 0.2) is 48.5 Å². The molecule has 32 heavy (non-hydrogen) atoms. The maximum absolute atomic E-state index is 14.0. The number of halogens is 1. The van der Waals surface area contributed by atoms with E-state index in [1.54, 1.807) is 12.1 Å². The van der Waals surface area contributed by atoms with Crippen LogP contribution in [-0.4, -0.2) is 56.8 Å². The lowest BCUT2D eigenvalue weighted by atomic mass is 9.88. The van der Waals surface area contributed by atoms with Gasteiger partial charge in [-0.3, -0.25) is 0 Å². The third-order valence-electron chi connectivity index (χ3n) is 6.27. The summed E-state index contributed by atoms with van der Waals surface area (Å²) < 4.78 is 52.8. The van der Waals surface area contributed by atoms with E-state index in [4.69, 9.17) is 9.47 Å². The first-order valence-corrected chi connectivity index (χ1v) is 12.9. The molecule has 8 heteroatoms. The van der Waals surface area contributed by atoms with Gasteiger partial charge in [-0.25, -0.2) is 17.5 Å². The fourth-order valence-corrected chi connectivity index (χ4v) is 5.48. The van der Waals surface area contributed by atoms with E-state index >= 15 is 0 Å². The van der Waals surface area contributed by atoms with Gasteiger partial charge in [0, 0.05) is 5.56 Å². The van der Waals surface area contributed by atoms with Crippen molar-refractivity contribution in [3.63, 3.8) is 0 Å². The number of hydrogen-bond donors (Lipinski definition) is 2. The minimum Gasteiger partial charge on any atom is -0.394 e.